The fourth-order valence-corrected chi connectivity index (χ4v) is 1.08. The molecule has 1 heterocycles. The summed E-state index contributed by atoms with van der Waals surface area (Å²) < 4.78 is 17.1. The lowest BCUT2D eigenvalue weighted by Gasteiger charge is -2.02. The molecular weight excluding hydrogens is 133 g/mol. The van der Waals surface area contributed by atoms with Crippen LogP contribution < -0.4 is 0 Å². The SMILES string of the molecule is FCC1(c2cocn2)CC1. The minimum Gasteiger partial charge on any atom is -0.451 e. The molecule has 0 aliphatic heterocycles. The Morgan fingerprint density at radius 1 is 1.70 bits per heavy atom. The van der Waals surface area contributed by atoms with Gasteiger partial charge in [0.1, 0.15) is 12.9 Å². The first-order chi connectivity index (χ1) is 4.87. The van der Waals surface area contributed by atoms with E-state index < -0.39 is 0 Å². The molecule has 0 amide bonds. The number of halogens is 1. The lowest BCUT2D eigenvalue weighted by atomic mass is 10.1. The smallest absolute Gasteiger partial charge is 0.180 e. The zero-order valence-corrected chi connectivity index (χ0v) is 5.51. The van der Waals surface area contributed by atoms with Gasteiger partial charge in [-0.1, -0.05) is 0 Å². The van der Waals surface area contributed by atoms with Gasteiger partial charge < -0.3 is 4.42 Å². The van der Waals surface area contributed by atoms with Gasteiger partial charge in [0.2, 0.25) is 0 Å². The average Bonchev–Trinajstić information content (AvgIpc) is 2.58. The van der Waals surface area contributed by atoms with E-state index in [0.717, 1.165) is 18.5 Å². The summed E-state index contributed by atoms with van der Waals surface area (Å²) in [6.45, 7) is -0.306. The van der Waals surface area contributed by atoms with Crippen LogP contribution >= 0.6 is 0 Å². The molecule has 3 heteroatoms. The summed E-state index contributed by atoms with van der Waals surface area (Å²) in [6, 6.07) is 0. The van der Waals surface area contributed by atoms with Gasteiger partial charge in [-0.05, 0) is 12.8 Å². The van der Waals surface area contributed by atoms with E-state index in [-0.39, 0.29) is 12.1 Å². The fourth-order valence-electron chi connectivity index (χ4n) is 1.08. The Kier molecular flexibility index (Phi) is 1.07. The van der Waals surface area contributed by atoms with Gasteiger partial charge in [-0.2, -0.15) is 0 Å². The Bertz CT molecular complexity index is 216. The van der Waals surface area contributed by atoms with Crippen molar-refractivity contribution >= 4 is 0 Å². The first kappa shape index (κ1) is 5.89. The number of aromatic nitrogens is 1. The molecule has 0 radical (unpaired) electrons. The number of alkyl halides is 1. The van der Waals surface area contributed by atoms with Gasteiger partial charge in [-0.3, -0.25) is 4.39 Å². The Morgan fingerprint density at radius 3 is 2.90 bits per heavy atom. The number of oxazole rings is 1. The Morgan fingerprint density at radius 2 is 2.50 bits per heavy atom. The van der Waals surface area contributed by atoms with Crippen LogP contribution in [0.3, 0.4) is 0 Å². The number of hydrogen-bond acceptors (Lipinski definition) is 2. The van der Waals surface area contributed by atoms with E-state index in [1.807, 2.05) is 0 Å². The summed E-state index contributed by atoms with van der Waals surface area (Å²) in [7, 11) is 0. The molecule has 10 heavy (non-hydrogen) atoms. The van der Waals surface area contributed by atoms with Gasteiger partial charge in [-0.25, -0.2) is 4.98 Å². The van der Waals surface area contributed by atoms with E-state index in [1.165, 1.54) is 12.7 Å². The molecule has 1 aromatic rings. The molecule has 0 unspecified atom stereocenters. The second-order valence-electron chi connectivity index (χ2n) is 2.79. The van der Waals surface area contributed by atoms with E-state index in [4.69, 9.17) is 4.42 Å². The Labute approximate surface area is 58.1 Å². The van der Waals surface area contributed by atoms with Gasteiger partial charge in [-0.15, -0.1) is 0 Å². The lowest BCUT2D eigenvalue weighted by molar-refractivity contribution is 0.411. The third-order valence-electron chi connectivity index (χ3n) is 2.09. The van der Waals surface area contributed by atoms with E-state index in [2.05, 4.69) is 4.98 Å². The fraction of sp³-hybridized carbons (Fsp3) is 0.571. The molecule has 1 aliphatic rings. The second kappa shape index (κ2) is 1.81. The lowest BCUT2D eigenvalue weighted by Crippen LogP contribution is -2.08. The minimum absolute atomic E-state index is 0.257. The average molecular weight is 141 g/mol. The highest BCUT2D eigenvalue weighted by Crippen LogP contribution is 2.47. The molecule has 0 spiro atoms. The summed E-state index contributed by atoms with van der Waals surface area (Å²) in [4.78, 5) is 3.91. The van der Waals surface area contributed by atoms with Gasteiger partial charge in [0.15, 0.2) is 6.39 Å². The van der Waals surface area contributed by atoms with Crippen molar-refractivity contribution in [3.8, 4) is 0 Å². The van der Waals surface area contributed by atoms with Gasteiger partial charge in [0.25, 0.3) is 0 Å². The predicted octanol–water partition coefficient (Wildman–Crippen LogP) is 1.68. The van der Waals surface area contributed by atoms with Crippen molar-refractivity contribution < 1.29 is 8.81 Å². The molecule has 2 rings (SSSR count). The maximum Gasteiger partial charge on any atom is 0.180 e. The molecule has 54 valence electrons. The van der Waals surface area contributed by atoms with Gasteiger partial charge in [0.05, 0.1) is 5.69 Å². The summed E-state index contributed by atoms with van der Waals surface area (Å²) in [5, 5.41) is 0. The number of nitrogens with zero attached hydrogens (tertiary/aromatic N) is 1. The van der Waals surface area contributed by atoms with E-state index in [1.54, 1.807) is 0 Å². The molecule has 0 atom stereocenters. The standard InChI is InChI=1S/C7H8FNO/c8-4-7(1-2-7)6-3-10-5-9-6/h3,5H,1-2,4H2. The molecule has 0 N–H and O–H groups in total. The van der Waals surface area contributed by atoms with Crippen LogP contribution in [0.5, 0.6) is 0 Å². The molecule has 1 fully saturated rings. The molecule has 0 aromatic carbocycles. The molecule has 0 saturated heterocycles. The predicted molar refractivity (Wildman–Crippen MR) is 33.4 cm³/mol. The van der Waals surface area contributed by atoms with Crippen LogP contribution in [0.2, 0.25) is 0 Å². The van der Waals surface area contributed by atoms with Crippen LogP contribution in [0.1, 0.15) is 18.5 Å². The van der Waals surface area contributed by atoms with Gasteiger partial charge in [0, 0.05) is 5.41 Å². The summed E-state index contributed by atoms with van der Waals surface area (Å²) >= 11 is 0. The highest BCUT2D eigenvalue weighted by atomic mass is 19.1. The van der Waals surface area contributed by atoms with Crippen molar-refractivity contribution in [2.75, 3.05) is 6.67 Å². The molecule has 1 saturated carbocycles. The number of rotatable bonds is 2. The minimum atomic E-state index is -0.306. The maximum absolute atomic E-state index is 12.3. The van der Waals surface area contributed by atoms with Crippen molar-refractivity contribution in [3.63, 3.8) is 0 Å². The van der Waals surface area contributed by atoms with E-state index in [0.29, 0.717) is 0 Å². The van der Waals surface area contributed by atoms with E-state index >= 15 is 0 Å². The zero-order chi connectivity index (χ0) is 7.03. The van der Waals surface area contributed by atoms with Crippen molar-refractivity contribution in [1.29, 1.82) is 0 Å². The quantitative estimate of drug-likeness (QED) is 0.626. The van der Waals surface area contributed by atoms with E-state index in [9.17, 15) is 4.39 Å². The Balaban J connectivity index is 2.27. The molecule has 0 bridgehead atoms. The summed E-state index contributed by atoms with van der Waals surface area (Å²) in [5.41, 5.74) is 0.516. The van der Waals surface area contributed by atoms with Crippen LogP contribution in [-0.2, 0) is 5.41 Å². The molecule has 2 nitrogen and oxygen atoms in total. The van der Waals surface area contributed by atoms with Crippen LogP contribution in [0.25, 0.3) is 0 Å². The van der Waals surface area contributed by atoms with Gasteiger partial charge >= 0.3 is 0 Å². The van der Waals surface area contributed by atoms with Crippen LogP contribution in [0.4, 0.5) is 4.39 Å². The molecule has 1 aliphatic carbocycles. The molecular formula is C7H8FNO. The first-order valence-corrected chi connectivity index (χ1v) is 3.32. The number of hydrogen-bond donors (Lipinski definition) is 0. The first-order valence-electron chi connectivity index (χ1n) is 3.32. The maximum atomic E-state index is 12.3. The zero-order valence-electron chi connectivity index (χ0n) is 5.51. The topological polar surface area (TPSA) is 26.0 Å². The summed E-state index contributed by atoms with van der Waals surface area (Å²) in [6.07, 6.45) is 4.71. The van der Waals surface area contributed by atoms with Crippen LogP contribution in [0.15, 0.2) is 17.1 Å². The summed E-state index contributed by atoms with van der Waals surface area (Å²) in [5.74, 6) is 0. The largest absolute Gasteiger partial charge is 0.451 e. The van der Waals surface area contributed by atoms with Crippen molar-refractivity contribution in [3.05, 3.63) is 18.4 Å². The Hall–Kier alpha value is -0.860. The second-order valence-corrected chi connectivity index (χ2v) is 2.79. The highest BCUT2D eigenvalue weighted by Gasteiger charge is 2.46. The molecule has 1 aromatic heterocycles. The van der Waals surface area contributed by atoms with Crippen LogP contribution in [-0.4, -0.2) is 11.7 Å². The normalized spacial score (nSPS) is 20.9. The van der Waals surface area contributed by atoms with Crippen molar-refractivity contribution in [1.82, 2.24) is 4.98 Å². The van der Waals surface area contributed by atoms with Crippen molar-refractivity contribution in [2.45, 2.75) is 18.3 Å². The monoisotopic (exact) mass is 141 g/mol. The third-order valence-corrected chi connectivity index (χ3v) is 2.09. The third kappa shape index (κ3) is 0.664. The highest BCUT2D eigenvalue weighted by molar-refractivity contribution is 5.20. The van der Waals surface area contributed by atoms with Crippen molar-refractivity contribution in [2.24, 2.45) is 0 Å². The van der Waals surface area contributed by atoms with Crippen LogP contribution in [0, 0.1) is 0 Å².